The molecular formula is C34H36N4O4. The standard InChI is InChI=1S/C34H36N4O4/c1-3-5-9-19-11-7-13-21(15-19)41-25-17-23(35)27-29(31(25)37)33(39)28-24(36)18-26(32(38)30(28)34(27)40)42-22-14-8-12-20(16-22)10-6-4-2/h7-8,11-18H,3-6,9-10,35-38H2,1-2H3. The van der Waals surface area contributed by atoms with Crippen molar-refractivity contribution in [3.05, 3.63) is 94.0 Å². The maximum Gasteiger partial charge on any atom is 0.198 e. The number of nitrogen functional groups attached to an aromatic ring is 4. The highest BCUT2D eigenvalue weighted by atomic mass is 16.5. The number of ether oxygens (including phenoxy) is 2. The van der Waals surface area contributed by atoms with Crippen LogP contribution in [0.4, 0.5) is 22.7 Å². The fourth-order valence-corrected chi connectivity index (χ4v) is 5.31. The number of hydrogen-bond acceptors (Lipinski definition) is 8. The van der Waals surface area contributed by atoms with E-state index in [-0.39, 0.29) is 56.5 Å². The van der Waals surface area contributed by atoms with Crippen LogP contribution < -0.4 is 32.4 Å². The first-order valence-electron chi connectivity index (χ1n) is 14.3. The fourth-order valence-electron chi connectivity index (χ4n) is 5.31. The Morgan fingerprint density at radius 2 is 0.976 bits per heavy atom. The van der Waals surface area contributed by atoms with Gasteiger partial charge in [-0.15, -0.1) is 0 Å². The molecule has 8 heteroatoms. The van der Waals surface area contributed by atoms with Gasteiger partial charge in [-0.2, -0.15) is 0 Å². The number of ketones is 2. The zero-order valence-electron chi connectivity index (χ0n) is 24.0. The van der Waals surface area contributed by atoms with E-state index in [2.05, 4.69) is 13.8 Å². The average Bonchev–Trinajstić information content (AvgIpc) is 2.97. The first kappa shape index (κ1) is 28.5. The second-order valence-corrected chi connectivity index (χ2v) is 10.6. The highest BCUT2D eigenvalue weighted by molar-refractivity contribution is 6.35. The van der Waals surface area contributed by atoms with Gasteiger partial charge in [-0.05, 0) is 61.1 Å². The molecule has 0 heterocycles. The van der Waals surface area contributed by atoms with Crippen LogP contribution in [0.5, 0.6) is 23.0 Å². The number of anilines is 4. The molecule has 216 valence electrons. The number of rotatable bonds is 10. The molecule has 0 aromatic heterocycles. The third-order valence-corrected chi connectivity index (χ3v) is 7.52. The predicted molar refractivity (Wildman–Crippen MR) is 168 cm³/mol. The van der Waals surface area contributed by atoms with E-state index in [0.29, 0.717) is 11.5 Å². The topological polar surface area (TPSA) is 157 Å². The highest BCUT2D eigenvalue weighted by Crippen LogP contribution is 2.46. The van der Waals surface area contributed by atoms with Gasteiger partial charge in [-0.1, -0.05) is 51.0 Å². The van der Waals surface area contributed by atoms with Gasteiger partial charge in [0.25, 0.3) is 0 Å². The maximum atomic E-state index is 13.9. The molecule has 0 aliphatic heterocycles. The van der Waals surface area contributed by atoms with Crippen molar-refractivity contribution in [1.29, 1.82) is 0 Å². The van der Waals surface area contributed by atoms with Gasteiger partial charge in [0.15, 0.2) is 23.1 Å². The Balaban J connectivity index is 1.52. The Hall–Kier alpha value is -4.98. The minimum atomic E-state index is -0.553. The van der Waals surface area contributed by atoms with E-state index in [4.69, 9.17) is 32.4 Å². The van der Waals surface area contributed by atoms with Crippen molar-refractivity contribution < 1.29 is 19.1 Å². The number of unbranched alkanes of at least 4 members (excludes halogenated alkanes) is 2. The molecule has 4 aromatic rings. The summed E-state index contributed by atoms with van der Waals surface area (Å²) in [5, 5.41) is 0. The lowest BCUT2D eigenvalue weighted by Gasteiger charge is -2.25. The Kier molecular flexibility index (Phi) is 8.06. The van der Waals surface area contributed by atoms with Crippen LogP contribution >= 0.6 is 0 Å². The quantitative estimate of drug-likeness (QED) is 0.131. The summed E-state index contributed by atoms with van der Waals surface area (Å²) in [4.78, 5) is 27.7. The Morgan fingerprint density at radius 1 is 0.571 bits per heavy atom. The van der Waals surface area contributed by atoms with Crippen molar-refractivity contribution in [3.8, 4) is 23.0 Å². The van der Waals surface area contributed by atoms with Gasteiger partial charge in [-0.25, -0.2) is 0 Å². The molecular weight excluding hydrogens is 528 g/mol. The number of fused-ring (bicyclic) bond motifs is 2. The Labute approximate surface area is 245 Å². The summed E-state index contributed by atoms with van der Waals surface area (Å²) in [5.41, 5.74) is 27.9. The molecule has 0 amide bonds. The molecule has 0 unspecified atom stereocenters. The van der Waals surface area contributed by atoms with Crippen LogP contribution in [-0.4, -0.2) is 11.6 Å². The van der Waals surface area contributed by atoms with Crippen molar-refractivity contribution >= 4 is 34.3 Å². The third kappa shape index (κ3) is 5.35. The third-order valence-electron chi connectivity index (χ3n) is 7.52. The van der Waals surface area contributed by atoms with Crippen LogP contribution in [-0.2, 0) is 12.8 Å². The van der Waals surface area contributed by atoms with E-state index in [9.17, 15) is 9.59 Å². The number of aryl methyl sites for hydroxylation is 2. The van der Waals surface area contributed by atoms with Crippen LogP contribution in [0.2, 0.25) is 0 Å². The monoisotopic (exact) mass is 564 g/mol. The van der Waals surface area contributed by atoms with E-state index in [0.717, 1.165) is 49.7 Å². The first-order valence-corrected chi connectivity index (χ1v) is 14.3. The van der Waals surface area contributed by atoms with E-state index < -0.39 is 11.6 Å². The maximum absolute atomic E-state index is 13.9. The lowest BCUT2D eigenvalue weighted by molar-refractivity contribution is 0.0981. The average molecular weight is 565 g/mol. The van der Waals surface area contributed by atoms with Crippen LogP contribution in [0.25, 0.3) is 0 Å². The predicted octanol–water partition coefficient (Wildman–Crippen LogP) is 7.06. The molecule has 8 N–H and O–H groups in total. The van der Waals surface area contributed by atoms with Gasteiger partial charge >= 0.3 is 0 Å². The van der Waals surface area contributed by atoms with Crippen LogP contribution in [0, 0.1) is 0 Å². The molecule has 0 bridgehead atoms. The van der Waals surface area contributed by atoms with Crippen LogP contribution in [0.3, 0.4) is 0 Å². The zero-order valence-corrected chi connectivity index (χ0v) is 24.0. The van der Waals surface area contributed by atoms with Gasteiger partial charge in [0.05, 0.1) is 33.6 Å². The number of nitrogens with two attached hydrogens (primary N) is 4. The molecule has 42 heavy (non-hydrogen) atoms. The smallest absolute Gasteiger partial charge is 0.198 e. The molecule has 0 atom stereocenters. The van der Waals surface area contributed by atoms with Gasteiger partial charge in [0.1, 0.15) is 11.5 Å². The molecule has 4 aromatic carbocycles. The van der Waals surface area contributed by atoms with Crippen molar-refractivity contribution in [2.75, 3.05) is 22.9 Å². The van der Waals surface area contributed by atoms with E-state index >= 15 is 0 Å². The summed E-state index contributed by atoms with van der Waals surface area (Å²) in [6.07, 6.45) is 6.08. The second kappa shape index (κ2) is 11.9. The Morgan fingerprint density at radius 3 is 1.36 bits per heavy atom. The minimum Gasteiger partial charge on any atom is -0.455 e. The SMILES string of the molecule is CCCCc1cccc(Oc2cc(N)c3c(c2N)C(=O)c2c(N)cc(Oc4cccc(CCCC)c4)c(N)c2C3=O)c1. The number of carbonyl (C=O) groups is 2. The minimum absolute atomic E-state index is 0.00403. The summed E-state index contributed by atoms with van der Waals surface area (Å²) in [7, 11) is 0. The van der Waals surface area contributed by atoms with Gasteiger partial charge in [0, 0.05) is 23.5 Å². The molecule has 5 rings (SSSR count). The molecule has 8 nitrogen and oxygen atoms in total. The normalized spacial score (nSPS) is 12.1. The summed E-state index contributed by atoms with van der Waals surface area (Å²) >= 11 is 0. The zero-order chi connectivity index (χ0) is 30.0. The largest absolute Gasteiger partial charge is 0.455 e. The molecule has 0 fully saturated rings. The van der Waals surface area contributed by atoms with Crippen LogP contribution in [0.1, 0.15) is 82.5 Å². The summed E-state index contributed by atoms with van der Waals surface area (Å²) in [5.74, 6) is 0.352. The summed E-state index contributed by atoms with van der Waals surface area (Å²) in [6, 6.07) is 18.2. The summed E-state index contributed by atoms with van der Waals surface area (Å²) < 4.78 is 12.2. The second-order valence-electron chi connectivity index (χ2n) is 10.6. The van der Waals surface area contributed by atoms with Crippen molar-refractivity contribution in [1.82, 2.24) is 0 Å². The molecule has 0 saturated heterocycles. The Bertz CT molecular complexity index is 1570. The van der Waals surface area contributed by atoms with Gasteiger partial charge in [0.2, 0.25) is 0 Å². The number of benzene rings is 4. The van der Waals surface area contributed by atoms with Crippen molar-refractivity contribution in [2.24, 2.45) is 0 Å². The van der Waals surface area contributed by atoms with Gasteiger partial charge < -0.3 is 32.4 Å². The van der Waals surface area contributed by atoms with Crippen molar-refractivity contribution in [2.45, 2.75) is 52.4 Å². The first-order chi connectivity index (χ1) is 20.2. The molecule has 1 aliphatic carbocycles. The van der Waals surface area contributed by atoms with Gasteiger partial charge in [-0.3, -0.25) is 9.59 Å². The van der Waals surface area contributed by atoms with Crippen LogP contribution in [0.15, 0.2) is 60.7 Å². The highest BCUT2D eigenvalue weighted by Gasteiger charge is 2.38. The van der Waals surface area contributed by atoms with E-state index in [1.54, 1.807) is 12.1 Å². The molecule has 0 spiro atoms. The lowest BCUT2D eigenvalue weighted by Crippen LogP contribution is -2.26. The molecule has 0 saturated carbocycles. The van der Waals surface area contributed by atoms with E-state index in [1.807, 2.05) is 36.4 Å². The van der Waals surface area contributed by atoms with E-state index in [1.165, 1.54) is 12.1 Å². The summed E-state index contributed by atoms with van der Waals surface area (Å²) in [6.45, 7) is 4.27. The number of carbonyl (C=O) groups excluding carboxylic acids is 2. The molecule has 1 aliphatic rings. The lowest BCUT2D eigenvalue weighted by atomic mass is 9.80. The van der Waals surface area contributed by atoms with Crippen molar-refractivity contribution in [3.63, 3.8) is 0 Å². The number of hydrogen-bond donors (Lipinski definition) is 4. The molecule has 0 radical (unpaired) electrons. The fraction of sp³-hybridized carbons (Fsp3) is 0.235.